The summed E-state index contributed by atoms with van der Waals surface area (Å²) in [5.41, 5.74) is 0.790. The minimum Gasteiger partial charge on any atom is -0.462 e. The second-order valence-electron chi connectivity index (χ2n) is 8.08. The molecule has 1 aliphatic carbocycles. The van der Waals surface area contributed by atoms with Crippen molar-refractivity contribution in [3.63, 3.8) is 0 Å². The van der Waals surface area contributed by atoms with Gasteiger partial charge in [-0.05, 0) is 44.6 Å². The molecule has 33 heavy (non-hydrogen) atoms. The molecule has 0 spiro atoms. The molecule has 1 unspecified atom stereocenters. The Kier molecular flexibility index (Phi) is 6.24. The largest absolute Gasteiger partial charge is 0.462 e. The van der Waals surface area contributed by atoms with Crippen molar-refractivity contribution < 1.29 is 14.3 Å². The highest BCUT2D eigenvalue weighted by Crippen LogP contribution is 2.39. The normalized spacial score (nSPS) is 14.2. The molecular formula is C22H27N5O5S. The van der Waals surface area contributed by atoms with E-state index in [-0.39, 0.29) is 23.7 Å². The van der Waals surface area contributed by atoms with Crippen molar-refractivity contribution in [2.24, 2.45) is 14.1 Å². The number of amides is 1. The summed E-state index contributed by atoms with van der Waals surface area (Å²) in [6, 6.07) is -0.755. The molecule has 4 rings (SSSR count). The Bertz CT molecular complexity index is 1360. The number of nitrogens with zero attached hydrogens (tertiary/aromatic N) is 4. The number of carbonyl (C=O) groups excluding carboxylic acids is 2. The van der Waals surface area contributed by atoms with Crippen LogP contribution in [0, 0.1) is 0 Å². The molecule has 0 saturated heterocycles. The van der Waals surface area contributed by atoms with E-state index in [2.05, 4.69) is 10.3 Å². The predicted octanol–water partition coefficient (Wildman–Crippen LogP) is 2.14. The Morgan fingerprint density at radius 1 is 1.18 bits per heavy atom. The van der Waals surface area contributed by atoms with Crippen LogP contribution in [0.25, 0.3) is 11.2 Å². The van der Waals surface area contributed by atoms with Crippen molar-refractivity contribution >= 4 is 39.4 Å². The molecular weight excluding hydrogens is 446 g/mol. The zero-order chi connectivity index (χ0) is 23.9. The highest BCUT2D eigenvalue weighted by atomic mass is 32.1. The van der Waals surface area contributed by atoms with Crippen LogP contribution in [0.4, 0.5) is 5.00 Å². The second-order valence-corrected chi connectivity index (χ2v) is 9.18. The highest BCUT2D eigenvalue weighted by molar-refractivity contribution is 7.17. The maximum Gasteiger partial charge on any atom is 0.341 e. The highest BCUT2D eigenvalue weighted by Gasteiger charge is 2.30. The van der Waals surface area contributed by atoms with E-state index in [1.807, 2.05) is 6.92 Å². The zero-order valence-corrected chi connectivity index (χ0v) is 20.0. The van der Waals surface area contributed by atoms with Gasteiger partial charge in [0.1, 0.15) is 11.0 Å². The van der Waals surface area contributed by atoms with Gasteiger partial charge in [0.15, 0.2) is 11.2 Å². The van der Waals surface area contributed by atoms with Crippen LogP contribution < -0.4 is 16.6 Å². The van der Waals surface area contributed by atoms with Crippen LogP contribution in [-0.4, -0.2) is 37.2 Å². The van der Waals surface area contributed by atoms with Gasteiger partial charge in [-0.25, -0.2) is 14.6 Å². The molecule has 1 amide bonds. The summed E-state index contributed by atoms with van der Waals surface area (Å²) in [6.07, 6.45) is 5.47. The number of fused-ring (bicyclic) bond motifs is 2. The lowest BCUT2D eigenvalue weighted by atomic mass is 9.95. The summed E-state index contributed by atoms with van der Waals surface area (Å²) < 4.78 is 9.05. The SMILES string of the molecule is CCOC(=O)c1c(NC(=O)C(CC)n2cnc3c2c(=O)n(C)c(=O)n3C)sc2c1CCCC2. The lowest BCUT2D eigenvalue weighted by Crippen LogP contribution is -2.38. The van der Waals surface area contributed by atoms with Gasteiger partial charge < -0.3 is 14.6 Å². The average Bonchev–Trinajstić information content (AvgIpc) is 3.38. The van der Waals surface area contributed by atoms with Crippen LogP contribution in [0.15, 0.2) is 15.9 Å². The first kappa shape index (κ1) is 23.0. The van der Waals surface area contributed by atoms with Crippen molar-refractivity contribution in [2.75, 3.05) is 11.9 Å². The number of imidazole rings is 1. The minimum atomic E-state index is -0.755. The van der Waals surface area contributed by atoms with Crippen LogP contribution >= 0.6 is 11.3 Å². The van der Waals surface area contributed by atoms with E-state index in [4.69, 9.17) is 4.74 Å². The molecule has 0 radical (unpaired) electrons. The fourth-order valence-electron chi connectivity index (χ4n) is 4.38. The monoisotopic (exact) mass is 473 g/mol. The van der Waals surface area contributed by atoms with Crippen LogP contribution in [-0.2, 0) is 36.5 Å². The van der Waals surface area contributed by atoms with E-state index < -0.39 is 23.3 Å². The second kappa shape index (κ2) is 8.97. The molecule has 0 aliphatic heterocycles. The number of esters is 1. The number of nitrogens with one attached hydrogen (secondary N) is 1. The zero-order valence-electron chi connectivity index (χ0n) is 19.1. The summed E-state index contributed by atoms with van der Waals surface area (Å²) in [5, 5.41) is 3.40. The predicted molar refractivity (Wildman–Crippen MR) is 125 cm³/mol. The van der Waals surface area contributed by atoms with Crippen LogP contribution in [0.5, 0.6) is 0 Å². The number of thiophene rings is 1. The van der Waals surface area contributed by atoms with Gasteiger partial charge in [-0.2, -0.15) is 0 Å². The first-order valence-electron chi connectivity index (χ1n) is 11.0. The Labute approximate surface area is 193 Å². The molecule has 1 atom stereocenters. The molecule has 10 nitrogen and oxygen atoms in total. The number of anilines is 1. The van der Waals surface area contributed by atoms with Gasteiger partial charge in [-0.15, -0.1) is 11.3 Å². The van der Waals surface area contributed by atoms with Gasteiger partial charge in [-0.3, -0.25) is 18.7 Å². The van der Waals surface area contributed by atoms with Crippen LogP contribution in [0.1, 0.15) is 60.0 Å². The quantitative estimate of drug-likeness (QED) is 0.548. The number of ether oxygens (including phenoxy) is 1. The molecule has 0 bridgehead atoms. The minimum absolute atomic E-state index is 0.178. The van der Waals surface area contributed by atoms with Crippen LogP contribution in [0.2, 0.25) is 0 Å². The van der Waals surface area contributed by atoms with E-state index in [9.17, 15) is 19.2 Å². The van der Waals surface area contributed by atoms with Crippen molar-refractivity contribution in [1.29, 1.82) is 0 Å². The maximum absolute atomic E-state index is 13.4. The third-order valence-electron chi connectivity index (χ3n) is 6.09. The van der Waals surface area contributed by atoms with E-state index >= 15 is 0 Å². The third-order valence-corrected chi connectivity index (χ3v) is 7.29. The summed E-state index contributed by atoms with van der Waals surface area (Å²) in [4.78, 5) is 56.5. The molecule has 1 N–H and O–H groups in total. The topological polar surface area (TPSA) is 117 Å². The van der Waals surface area contributed by atoms with Gasteiger partial charge in [-0.1, -0.05) is 6.92 Å². The summed E-state index contributed by atoms with van der Waals surface area (Å²) in [6.45, 7) is 3.83. The fraction of sp³-hybridized carbons (Fsp3) is 0.500. The van der Waals surface area contributed by atoms with E-state index in [0.29, 0.717) is 17.0 Å². The summed E-state index contributed by atoms with van der Waals surface area (Å²) in [5.74, 6) is -0.797. The number of aromatic nitrogens is 4. The number of hydrogen-bond acceptors (Lipinski definition) is 7. The number of aryl methyl sites for hydroxylation is 2. The van der Waals surface area contributed by atoms with Gasteiger partial charge in [0, 0.05) is 19.0 Å². The number of rotatable bonds is 6. The lowest BCUT2D eigenvalue weighted by Gasteiger charge is -2.17. The van der Waals surface area contributed by atoms with Crippen LogP contribution in [0.3, 0.4) is 0 Å². The molecule has 0 aromatic carbocycles. The number of hydrogen-bond donors (Lipinski definition) is 1. The lowest BCUT2D eigenvalue weighted by molar-refractivity contribution is -0.119. The van der Waals surface area contributed by atoms with Crippen molar-refractivity contribution in [1.82, 2.24) is 18.7 Å². The first-order chi connectivity index (χ1) is 15.8. The number of carbonyl (C=O) groups is 2. The molecule has 3 aromatic rings. The van der Waals surface area contributed by atoms with Gasteiger partial charge >= 0.3 is 11.7 Å². The van der Waals surface area contributed by atoms with Gasteiger partial charge in [0.25, 0.3) is 5.56 Å². The van der Waals surface area contributed by atoms with Gasteiger partial charge in [0.05, 0.1) is 18.5 Å². The fourth-order valence-corrected chi connectivity index (χ4v) is 5.66. The average molecular weight is 474 g/mol. The molecule has 3 heterocycles. The molecule has 3 aromatic heterocycles. The summed E-state index contributed by atoms with van der Waals surface area (Å²) >= 11 is 1.41. The Balaban J connectivity index is 1.75. The first-order valence-corrected chi connectivity index (χ1v) is 11.9. The Morgan fingerprint density at radius 2 is 1.91 bits per heavy atom. The Hall–Kier alpha value is -3.21. The van der Waals surface area contributed by atoms with E-state index in [0.717, 1.165) is 40.7 Å². The van der Waals surface area contributed by atoms with E-state index in [1.165, 1.54) is 40.9 Å². The van der Waals surface area contributed by atoms with E-state index in [1.54, 1.807) is 6.92 Å². The molecule has 0 saturated carbocycles. The van der Waals surface area contributed by atoms with Crippen molar-refractivity contribution in [3.8, 4) is 0 Å². The molecule has 1 aliphatic rings. The van der Waals surface area contributed by atoms with Crippen molar-refractivity contribution in [3.05, 3.63) is 43.2 Å². The smallest absolute Gasteiger partial charge is 0.341 e. The molecule has 11 heteroatoms. The Morgan fingerprint density at radius 3 is 2.61 bits per heavy atom. The molecule has 0 fully saturated rings. The maximum atomic E-state index is 13.4. The van der Waals surface area contributed by atoms with Crippen molar-refractivity contribution in [2.45, 2.75) is 52.0 Å². The third kappa shape index (κ3) is 3.79. The summed E-state index contributed by atoms with van der Waals surface area (Å²) in [7, 11) is 2.93. The van der Waals surface area contributed by atoms with Gasteiger partial charge in [0.2, 0.25) is 5.91 Å². The molecule has 176 valence electrons. The standard InChI is InChI=1S/C22H27N5O5S/c1-5-13(27-11-23-17-16(27)20(29)26(4)22(31)25(17)3)18(28)24-19-15(21(30)32-6-2)12-9-7-8-10-14(12)33-19/h11,13H,5-10H2,1-4H3,(H,24,28).